The van der Waals surface area contributed by atoms with Crippen LogP contribution in [0, 0.1) is 19.7 Å². The molecule has 0 aliphatic carbocycles. The third kappa shape index (κ3) is 2.59. The monoisotopic (exact) mass is 320 g/mol. The van der Waals surface area contributed by atoms with Gasteiger partial charge < -0.3 is 0 Å². The molecule has 0 amide bonds. The van der Waals surface area contributed by atoms with Crippen LogP contribution in [0.25, 0.3) is 22.3 Å². The summed E-state index contributed by atoms with van der Waals surface area (Å²) in [4.78, 5) is 8.67. The van der Waals surface area contributed by atoms with E-state index in [1.807, 2.05) is 19.1 Å². The fourth-order valence-corrected chi connectivity index (χ4v) is 2.49. The van der Waals surface area contributed by atoms with Crippen molar-refractivity contribution in [2.75, 3.05) is 0 Å². The van der Waals surface area contributed by atoms with Crippen LogP contribution < -0.4 is 0 Å². The van der Waals surface area contributed by atoms with Crippen LogP contribution in [0.15, 0.2) is 30.3 Å². The third-order valence-electron chi connectivity index (χ3n) is 3.36. The molecule has 0 aliphatic heterocycles. The van der Waals surface area contributed by atoms with Gasteiger partial charge in [0.1, 0.15) is 11.0 Å². The van der Waals surface area contributed by atoms with Crippen molar-refractivity contribution in [1.29, 1.82) is 0 Å². The minimum Gasteiger partial charge on any atom is -0.228 e. The standard InChI is InChI=1S/C16H11Cl2FN2/c1-8-3-4-10(6-12(8)17)16-20-14-7-13(19)9(2)5-11(14)15(18)21-16/h3-7H,1-2H3. The maximum Gasteiger partial charge on any atom is 0.161 e. The van der Waals surface area contributed by atoms with Gasteiger partial charge in [-0.2, -0.15) is 0 Å². The van der Waals surface area contributed by atoms with Gasteiger partial charge in [0, 0.05) is 22.0 Å². The van der Waals surface area contributed by atoms with Gasteiger partial charge in [0.2, 0.25) is 0 Å². The van der Waals surface area contributed by atoms with E-state index in [0.717, 1.165) is 11.1 Å². The zero-order chi connectivity index (χ0) is 15.1. The van der Waals surface area contributed by atoms with Crippen LogP contribution in [-0.4, -0.2) is 9.97 Å². The number of aryl methyl sites for hydroxylation is 2. The van der Waals surface area contributed by atoms with Gasteiger partial charge >= 0.3 is 0 Å². The summed E-state index contributed by atoms with van der Waals surface area (Å²) in [6.07, 6.45) is 0. The second-order valence-electron chi connectivity index (χ2n) is 4.92. The van der Waals surface area contributed by atoms with Crippen molar-refractivity contribution in [1.82, 2.24) is 9.97 Å². The van der Waals surface area contributed by atoms with Gasteiger partial charge in [-0.25, -0.2) is 14.4 Å². The Morgan fingerprint density at radius 3 is 2.43 bits per heavy atom. The first-order valence-corrected chi connectivity index (χ1v) is 7.11. The van der Waals surface area contributed by atoms with E-state index < -0.39 is 0 Å². The van der Waals surface area contributed by atoms with Crippen molar-refractivity contribution >= 4 is 34.1 Å². The number of aromatic nitrogens is 2. The molecule has 2 aromatic carbocycles. The lowest BCUT2D eigenvalue weighted by Crippen LogP contribution is -1.94. The van der Waals surface area contributed by atoms with Crippen LogP contribution in [0.3, 0.4) is 0 Å². The molecule has 0 unspecified atom stereocenters. The summed E-state index contributed by atoms with van der Waals surface area (Å²) in [5.41, 5.74) is 2.70. The third-order valence-corrected chi connectivity index (χ3v) is 4.05. The van der Waals surface area contributed by atoms with E-state index in [0.29, 0.717) is 32.5 Å². The molecule has 1 heterocycles. The Bertz CT molecular complexity index is 863. The van der Waals surface area contributed by atoms with Crippen molar-refractivity contribution in [3.8, 4) is 11.4 Å². The van der Waals surface area contributed by atoms with Crippen LogP contribution >= 0.6 is 23.2 Å². The first-order chi connectivity index (χ1) is 9.95. The molecule has 0 saturated carbocycles. The molecule has 3 aromatic rings. The first kappa shape index (κ1) is 14.2. The number of nitrogens with zero attached hydrogens (tertiary/aromatic N) is 2. The van der Waals surface area contributed by atoms with E-state index >= 15 is 0 Å². The van der Waals surface area contributed by atoms with Gasteiger partial charge in [-0.15, -0.1) is 0 Å². The van der Waals surface area contributed by atoms with Crippen LogP contribution in [0.2, 0.25) is 10.2 Å². The summed E-state index contributed by atoms with van der Waals surface area (Å²) in [6, 6.07) is 8.55. The molecule has 0 N–H and O–H groups in total. The van der Waals surface area contributed by atoms with Crippen LogP contribution in [0.4, 0.5) is 4.39 Å². The Hall–Kier alpha value is -1.71. The number of rotatable bonds is 1. The summed E-state index contributed by atoms with van der Waals surface area (Å²) in [5, 5.41) is 1.56. The summed E-state index contributed by atoms with van der Waals surface area (Å²) < 4.78 is 13.7. The lowest BCUT2D eigenvalue weighted by Gasteiger charge is -2.07. The van der Waals surface area contributed by atoms with E-state index in [-0.39, 0.29) is 5.82 Å². The topological polar surface area (TPSA) is 25.8 Å². The molecule has 0 bridgehead atoms. The highest BCUT2D eigenvalue weighted by molar-refractivity contribution is 6.34. The largest absolute Gasteiger partial charge is 0.228 e. The fraction of sp³-hybridized carbons (Fsp3) is 0.125. The van der Waals surface area contributed by atoms with Crippen LogP contribution in [-0.2, 0) is 0 Å². The number of halogens is 3. The molecule has 0 aliphatic rings. The molecule has 3 rings (SSSR count). The van der Waals surface area contributed by atoms with E-state index in [4.69, 9.17) is 23.2 Å². The average Bonchev–Trinajstić information content (AvgIpc) is 2.44. The average molecular weight is 321 g/mol. The molecule has 0 spiro atoms. The van der Waals surface area contributed by atoms with Gasteiger partial charge in [-0.05, 0) is 37.1 Å². The van der Waals surface area contributed by atoms with Gasteiger partial charge in [-0.1, -0.05) is 35.3 Å². The first-order valence-electron chi connectivity index (χ1n) is 6.35. The molecule has 106 valence electrons. The normalized spacial score (nSPS) is 11.1. The Labute approximate surface area is 131 Å². The molecule has 0 atom stereocenters. The predicted molar refractivity (Wildman–Crippen MR) is 84.4 cm³/mol. The smallest absolute Gasteiger partial charge is 0.161 e. The summed E-state index contributed by atoms with van der Waals surface area (Å²) in [6.45, 7) is 3.59. The lowest BCUT2D eigenvalue weighted by atomic mass is 10.1. The van der Waals surface area contributed by atoms with Gasteiger partial charge in [0.25, 0.3) is 0 Å². The summed E-state index contributed by atoms with van der Waals surface area (Å²) >= 11 is 12.3. The van der Waals surface area contributed by atoms with Crippen molar-refractivity contribution in [3.05, 3.63) is 57.5 Å². The lowest BCUT2D eigenvalue weighted by molar-refractivity contribution is 0.620. The predicted octanol–water partition coefficient (Wildman–Crippen LogP) is 5.36. The van der Waals surface area contributed by atoms with Crippen LogP contribution in [0.1, 0.15) is 11.1 Å². The van der Waals surface area contributed by atoms with Crippen molar-refractivity contribution in [3.63, 3.8) is 0 Å². The summed E-state index contributed by atoms with van der Waals surface area (Å²) in [5.74, 6) is 0.114. The van der Waals surface area contributed by atoms with Crippen molar-refractivity contribution in [2.45, 2.75) is 13.8 Å². The number of fused-ring (bicyclic) bond motifs is 1. The van der Waals surface area contributed by atoms with Crippen LogP contribution in [0.5, 0.6) is 0 Å². The molecule has 0 saturated heterocycles. The maximum atomic E-state index is 13.7. The minimum atomic E-state index is -0.315. The zero-order valence-electron chi connectivity index (χ0n) is 11.4. The highest BCUT2D eigenvalue weighted by Crippen LogP contribution is 2.28. The molecular weight excluding hydrogens is 310 g/mol. The molecule has 5 heteroatoms. The zero-order valence-corrected chi connectivity index (χ0v) is 12.9. The molecular formula is C16H11Cl2FN2. The van der Waals surface area contributed by atoms with Crippen molar-refractivity contribution in [2.24, 2.45) is 0 Å². The second kappa shape index (κ2) is 5.24. The van der Waals surface area contributed by atoms with Crippen molar-refractivity contribution < 1.29 is 4.39 Å². The second-order valence-corrected chi connectivity index (χ2v) is 5.69. The minimum absolute atomic E-state index is 0.301. The molecule has 0 radical (unpaired) electrons. The Balaban J connectivity index is 2.24. The molecule has 21 heavy (non-hydrogen) atoms. The maximum absolute atomic E-state index is 13.7. The van der Waals surface area contributed by atoms with Gasteiger partial charge in [0.15, 0.2) is 5.82 Å². The summed E-state index contributed by atoms with van der Waals surface area (Å²) in [7, 11) is 0. The van der Waals surface area contributed by atoms with E-state index in [2.05, 4.69) is 9.97 Å². The number of hydrogen-bond acceptors (Lipinski definition) is 2. The number of hydrogen-bond donors (Lipinski definition) is 0. The van der Waals surface area contributed by atoms with Gasteiger partial charge in [0.05, 0.1) is 5.52 Å². The number of benzene rings is 2. The van der Waals surface area contributed by atoms with E-state index in [1.165, 1.54) is 6.07 Å². The fourth-order valence-electron chi connectivity index (χ4n) is 2.08. The van der Waals surface area contributed by atoms with E-state index in [9.17, 15) is 4.39 Å². The highest BCUT2D eigenvalue weighted by atomic mass is 35.5. The van der Waals surface area contributed by atoms with E-state index in [1.54, 1.807) is 19.1 Å². The Morgan fingerprint density at radius 2 is 1.71 bits per heavy atom. The quantitative estimate of drug-likeness (QED) is 0.564. The Kier molecular flexibility index (Phi) is 3.56. The molecule has 2 nitrogen and oxygen atoms in total. The van der Waals surface area contributed by atoms with Gasteiger partial charge in [-0.3, -0.25) is 0 Å². The molecule has 1 aromatic heterocycles. The molecule has 0 fully saturated rings. The Morgan fingerprint density at radius 1 is 0.952 bits per heavy atom. The SMILES string of the molecule is Cc1cc2c(Cl)nc(-c3ccc(C)c(Cl)c3)nc2cc1F. The highest BCUT2D eigenvalue weighted by Gasteiger charge is 2.11.